The summed E-state index contributed by atoms with van der Waals surface area (Å²) in [5, 5.41) is 14.8. The maximum Gasteiger partial charge on any atom is 0.311 e. The van der Waals surface area contributed by atoms with Crippen molar-refractivity contribution in [2.45, 2.75) is 12.8 Å². The van der Waals surface area contributed by atoms with Gasteiger partial charge in [-0.2, -0.15) is 4.98 Å². The molecular weight excluding hydrogens is 264 g/mol. The maximum atomic E-state index is 11.0. The van der Waals surface area contributed by atoms with Crippen molar-refractivity contribution >= 4 is 5.69 Å². The molecule has 0 saturated heterocycles. The zero-order chi connectivity index (χ0) is 14.5. The zero-order valence-electron chi connectivity index (χ0n) is 10.9. The standard InChI is InChI=1S/C12H14N4O4/c1-19-11-8(4-2-5-9(11)16(17)18)12-14-10(15-20-12)6-3-7-13/h2,4-5H,3,6-7,13H2,1H3. The summed E-state index contributed by atoms with van der Waals surface area (Å²) >= 11 is 0. The van der Waals surface area contributed by atoms with Crippen LogP contribution in [0.1, 0.15) is 12.2 Å². The summed E-state index contributed by atoms with van der Waals surface area (Å²) in [6.07, 6.45) is 1.34. The Bertz CT molecular complexity index is 611. The van der Waals surface area contributed by atoms with Crippen LogP contribution in [0, 0.1) is 10.1 Å². The minimum atomic E-state index is -0.520. The molecule has 2 rings (SSSR count). The number of nitro benzene ring substituents is 1. The van der Waals surface area contributed by atoms with E-state index in [1.54, 1.807) is 12.1 Å². The second-order valence-electron chi connectivity index (χ2n) is 4.02. The van der Waals surface area contributed by atoms with Gasteiger partial charge in [0.25, 0.3) is 5.89 Å². The third-order valence-electron chi connectivity index (χ3n) is 2.70. The number of para-hydroxylation sites is 1. The molecule has 0 unspecified atom stereocenters. The van der Waals surface area contributed by atoms with Crippen LogP contribution in [0.15, 0.2) is 22.7 Å². The highest BCUT2D eigenvalue weighted by Gasteiger charge is 2.22. The monoisotopic (exact) mass is 278 g/mol. The van der Waals surface area contributed by atoms with E-state index in [-0.39, 0.29) is 17.3 Å². The largest absolute Gasteiger partial charge is 0.490 e. The van der Waals surface area contributed by atoms with Gasteiger partial charge in [-0.1, -0.05) is 11.2 Å². The first-order chi connectivity index (χ1) is 9.67. The first kappa shape index (κ1) is 13.9. The van der Waals surface area contributed by atoms with Crippen molar-refractivity contribution in [2.75, 3.05) is 13.7 Å². The average molecular weight is 278 g/mol. The second-order valence-corrected chi connectivity index (χ2v) is 4.02. The van der Waals surface area contributed by atoms with Crippen LogP contribution >= 0.6 is 0 Å². The molecule has 1 aromatic heterocycles. The van der Waals surface area contributed by atoms with Gasteiger partial charge in [0.2, 0.25) is 5.75 Å². The fourth-order valence-electron chi connectivity index (χ4n) is 1.78. The minimum Gasteiger partial charge on any atom is -0.490 e. The van der Waals surface area contributed by atoms with Gasteiger partial charge in [0.1, 0.15) is 0 Å². The van der Waals surface area contributed by atoms with Crippen LogP contribution in [0.5, 0.6) is 5.75 Å². The van der Waals surface area contributed by atoms with Crippen molar-refractivity contribution in [3.05, 3.63) is 34.1 Å². The third kappa shape index (κ3) is 2.75. The average Bonchev–Trinajstić information content (AvgIpc) is 2.92. The number of rotatable bonds is 6. The van der Waals surface area contributed by atoms with Crippen molar-refractivity contribution in [2.24, 2.45) is 5.73 Å². The molecule has 0 amide bonds. The zero-order valence-corrected chi connectivity index (χ0v) is 10.9. The summed E-state index contributed by atoms with van der Waals surface area (Å²) in [6.45, 7) is 0.532. The normalized spacial score (nSPS) is 10.5. The maximum absolute atomic E-state index is 11.0. The van der Waals surface area contributed by atoms with E-state index < -0.39 is 4.92 Å². The Morgan fingerprint density at radius 3 is 2.95 bits per heavy atom. The predicted octanol–water partition coefficient (Wildman–Crippen LogP) is 1.54. The predicted molar refractivity (Wildman–Crippen MR) is 70.3 cm³/mol. The number of nitro groups is 1. The second kappa shape index (κ2) is 6.11. The lowest BCUT2D eigenvalue weighted by Gasteiger charge is -2.04. The summed E-state index contributed by atoms with van der Waals surface area (Å²) in [7, 11) is 1.36. The Morgan fingerprint density at radius 2 is 2.30 bits per heavy atom. The van der Waals surface area contributed by atoms with Gasteiger partial charge in [-0.15, -0.1) is 0 Å². The molecule has 0 radical (unpaired) electrons. The molecule has 0 fully saturated rings. The number of methoxy groups -OCH3 is 1. The number of nitrogens with zero attached hydrogens (tertiary/aromatic N) is 3. The van der Waals surface area contributed by atoms with Crippen LogP contribution in [0.4, 0.5) is 5.69 Å². The highest BCUT2D eigenvalue weighted by atomic mass is 16.6. The number of benzene rings is 1. The van der Waals surface area contributed by atoms with E-state index in [0.29, 0.717) is 24.4 Å². The molecule has 1 heterocycles. The Labute approximate surface area is 114 Å². The van der Waals surface area contributed by atoms with Crippen molar-refractivity contribution in [1.82, 2.24) is 10.1 Å². The molecule has 0 aliphatic rings. The molecule has 0 bridgehead atoms. The molecule has 1 aromatic carbocycles. The van der Waals surface area contributed by atoms with Crippen LogP contribution in [-0.4, -0.2) is 28.7 Å². The lowest BCUT2D eigenvalue weighted by molar-refractivity contribution is -0.385. The number of aromatic nitrogens is 2. The van der Waals surface area contributed by atoms with Gasteiger partial charge in [0.05, 0.1) is 17.6 Å². The van der Waals surface area contributed by atoms with Gasteiger partial charge in [-0.05, 0) is 19.0 Å². The summed E-state index contributed by atoms with van der Waals surface area (Å²) in [5.41, 5.74) is 5.66. The fourth-order valence-corrected chi connectivity index (χ4v) is 1.78. The van der Waals surface area contributed by atoms with E-state index >= 15 is 0 Å². The highest BCUT2D eigenvalue weighted by Crippen LogP contribution is 2.36. The van der Waals surface area contributed by atoms with Crippen LogP contribution in [-0.2, 0) is 6.42 Å². The van der Waals surface area contributed by atoms with Gasteiger partial charge in [0.15, 0.2) is 5.82 Å². The van der Waals surface area contributed by atoms with Crippen LogP contribution in [0.25, 0.3) is 11.5 Å². The van der Waals surface area contributed by atoms with Crippen molar-refractivity contribution in [3.63, 3.8) is 0 Å². The van der Waals surface area contributed by atoms with Gasteiger partial charge in [-0.25, -0.2) is 0 Å². The summed E-state index contributed by atoms with van der Waals surface area (Å²) < 4.78 is 10.2. The van der Waals surface area contributed by atoms with Gasteiger partial charge in [0, 0.05) is 12.5 Å². The smallest absolute Gasteiger partial charge is 0.311 e. The van der Waals surface area contributed by atoms with E-state index in [1.165, 1.54) is 13.2 Å². The molecule has 20 heavy (non-hydrogen) atoms. The van der Waals surface area contributed by atoms with Crippen LogP contribution in [0.3, 0.4) is 0 Å². The van der Waals surface area contributed by atoms with E-state index in [4.69, 9.17) is 15.0 Å². The number of hydrogen-bond donors (Lipinski definition) is 1. The number of hydrogen-bond acceptors (Lipinski definition) is 7. The molecule has 8 nitrogen and oxygen atoms in total. The van der Waals surface area contributed by atoms with Crippen molar-refractivity contribution < 1.29 is 14.2 Å². The van der Waals surface area contributed by atoms with Gasteiger partial charge < -0.3 is 15.0 Å². The molecule has 8 heteroatoms. The van der Waals surface area contributed by atoms with Crippen LogP contribution in [0.2, 0.25) is 0 Å². The van der Waals surface area contributed by atoms with E-state index in [1.807, 2.05) is 0 Å². The number of ether oxygens (including phenoxy) is 1. The Balaban J connectivity index is 2.39. The molecule has 0 saturated carbocycles. The Kier molecular flexibility index (Phi) is 4.26. The molecule has 106 valence electrons. The van der Waals surface area contributed by atoms with Gasteiger partial charge in [-0.3, -0.25) is 10.1 Å². The lowest BCUT2D eigenvalue weighted by atomic mass is 10.1. The molecule has 2 aromatic rings. The Hall–Kier alpha value is -2.48. The highest BCUT2D eigenvalue weighted by molar-refractivity contribution is 5.69. The lowest BCUT2D eigenvalue weighted by Crippen LogP contribution is -2.01. The summed E-state index contributed by atoms with van der Waals surface area (Å²) in [4.78, 5) is 14.6. The number of aryl methyl sites for hydroxylation is 1. The first-order valence-corrected chi connectivity index (χ1v) is 6.01. The third-order valence-corrected chi connectivity index (χ3v) is 2.70. The van der Waals surface area contributed by atoms with Crippen LogP contribution < -0.4 is 10.5 Å². The van der Waals surface area contributed by atoms with Crippen molar-refractivity contribution in [1.29, 1.82) is 0 Å². The quantitative estimate of drug-likeness (QED) is 0.629. The first-order valence-electron chi connectivity index (χ1n) is 6.01. The van der Waals surface area contributed by atoms with E-state index in [9.17, 15) is 10.1 Å². The number of nitrogens with two attached hydrogens (primary N) is 1. The summed E-state index contributed by atoms with van der Waals surface area (Å²) in [5.74, 6) is 0.808. The topological polar surface area (TPSA) is 117 Å². The summed E-state index contributed by atoms with van der Waals surface area (Å²) in [6, 6.07) is 4.53. The molecule has 0 aliphatic heterocycles. The molecular formula is C12H14N4O4. The SMILES string of the molecule is COc1c(-c2nc(CCCN)no2)cccc1[N+](=O)[O-]. The van der Waals surface area contributed by atoms with Gasteiger partial charge >= 0.3 is 5.69 Å². The molecule has 0 aliphatic carbocycles. The van der Waals surface area contributed by atoms with E-state index in [2.05, 4.69) is 10.1 Å². The minimum absolute atomic E-state index is 0.103. The fraction of sp³-hybridized carbons (Fsp3) is 0.333. The molecule has 2 N–H and O–H groups in total. The van der Waals surface area contributed by atoms with E-state index in [0.717, 1.165) is 6.42 Å². The Morgan fingerprint density at radius 1 is 1.50 bits per heavy atom. The molecule has 0 atom stereocenters. The molecule has 0 spiro atoms. The van der Waals surface area contributed by atoms with Crippen molar-refractivity contribution in [3.8, 4) is 17.2 Å².